The summed E-state index contributed by atoms with van der Waals surface area (Å²) in [6, 6.07) is 18.0. The quantitative estimate of drug-likeness (QED) is 0.593. The number of fused-ring (bicyclic) bond motifs is 1. The van der Waals surface area contributed by atoms with E-state index in [1.54, 1.807) is 0 Å². The summed E-state index contributed by atoms with van der Waals surface area (Å²) in [5.74, 6) is 0.724. The number of rotatable bonds is 5. The Hall–Kier alpha value is -2.52. The first-order valence-electron chi connectivity index (χ1n) is 10.3. The molecule has 0 saturated carbocycles. The van der Waals surface area contributed by atoms with Gasteiger partial charge in [0.15, 0.2) is 0 Å². The van der Waals surface area contributed by atoms with Crippen LogP contribution in [0.25, 0.3) is 5.69 Å². The van der Waals surface area contributed by atoms with Gasteiger partial charge in [0.25, 0.3) is 5.91 Å². The zero-order chi connectivity index (χ0) is 20.4. The van der Waals surface area contributed by atoms with E-state index in [-0.39, 0.29) is 5.91 Å². The van der Waals surface area contributed by atoms with Gasteiger partial charge in [0, 0.05) is 34.2 Å². The molecule has 0 spiro atoms. The number of hydrogen-bond acceptors (Lipinski definition) is 1. The van der Waals surface area contributed by atoms with Crippen LogP contribution < -0.4 is 5.32 Å². The lowest BCUT2D eigenvalue weighted by Crippen LogP contribution is -2.25. The van der Waals surface area contributed by atoms with E-state index < -0.39 is 0 Å². The number of hydrogen-bond donors (Lipinski definition) is 1. The Morgan fingerprint density at radius 1 is 1.14 bits per heavy atom. The van der Waals surface area contributed by atoms with Crippen molar-refractivity contribution in [2.45, 2.75) is 39.5 Å². The van der Waals surface area contributed by atoms with E-state index in [1.165, 1.54) is 23.4 Å². The zero-order valence-corrected chi connectivity index (χ0v) is 17.8. The van der Waals surface area contributed by atoms with E-state index in [2.05, 4.69) is 41.9 Å². The molecule has 3 aromatic rings. The van der Waals surface area contributed by atoms with Gasteiger partial charge >= 0.3 is 0 Å². The van der Waals surface area contributed by atoms with E-state index in [0.29, 0.717) is 12.1 Å². The molecule has 1 amide bonds. The first-order valence-corrected chi connectivity index (χ1v) is 10.7. The monoisotopic (exact) mass is 406 g/mol. The molecule has 4 rings (SSSR count). The predicted molar refractivity (Wildman–Crippen MR) is 119 cm³/mol. The predicted octanol–water partition coefficient (Wildman–Crippen LogP) is 5.54. The van der Waals surface area contributed by atoms with Crippen LogP contribution in [0.15, 0.2) is 54.6 Å². The molecule has 150 valence electrons. The van der Waals surface area contributed by atoms with Gasteiger partial charge in [-0.2, -0.15) is 0 Å². The molecule has 1 aliphatic carbocycles. The second-order valence-corrected chi connectivity index (χ2v) is 8.56. The molecule has 4 heteroatoms. The van der Waals surface area contributed by atoms with Gasteiger partial charge < -0.3 is 9.88 Å². The van der Waals surface area contributed by atoms with Gasteiger partial charge in [0.2, 0.25) is 0 Å². The topological polar surface area (TPSA) is 34.0 Å². The highest BCUT2D eigenvalue weighted by Gasteiger charge is 2.21. The van der Waals surface area contributed by atoms with E-state index >= 15 is 0 Å². The van der Waals surface area contributed by atoms with Gasteiger partial charge in [-0.15, -0.1) is 0 Å². The number of nitrogens with one attached hydrogen (secondary N) is 1. The third-order valence-electron chi connectivity index (χ3n) is 5.82. The summed E-state index contributed by atoms with van der Waals surface area (Å²) in [5, 5.41) is 3.73. The van der Waals surface area contributed by atoms with Crippen LogP contribution in [0, 0.1) is 12.8 Å². The minimum Gasteiger partial charge on any atom is -0.352 e. The lowest BCUT2D eigenvalue weighted by molar-refractivity contribution is 0.0954. The zero-order valence-electron chi connectivity index (χ0n) is 17.0. The van der Waals surface area contributed by atoms with Crippen molar-refractivity contribution < 1.29 is 4.79 Å². The summed E-state index contributed by atoms with van der Waals surface area (Å²) in [6.45, 7) is 5.10. The summed E-state index contributed by atoms with van der Waals surface area (Å²) in [5.41, 5.74) is 7.16. The minimum absolute atomic E-state index is 0.0365. The van der Waals surface area contributed by atoms with Crippen molar-refractivity contribution in [2.24, 2.45) is 5.92 Å². The van der Waals surface area contributed by atoms with Crippen molar-refractivity contribution in [3.05, 3.63) is 87.7 Å². The second kappa shape index (κ2) is 8.46. The fourth-order valence-electron chi connectivity index (χ4n) is 4.26. The van der Waals surface area contributed by atoms with Gasteiger partial charge in [-0.25, -0.2) is 0 Å². The Kier molecular flexibility index (Phi) is 5.77. The maximum atomic E-state index is 12.5. The first-order chi connectivity index (χ1) is 14.0. The average molecular weight is 407 g/mol. The summed E-state index contributed by atoms with van der Waals surface area (Å²) in [4.78, 5) is 12.5. The van der Waals surface area contributed by atoms with Crippen molar-refractivity contribution in [2.75, 3.05) is 6.54 Å². The fourth-order valence-corrected chi connectivity index (χ4v) is 4.39. The van der Waals surface area contributed by atoms with Gasteiger partial charge in [-0.05, 0) is 92.1 Å². The molecule has 1 N–H and O–H groups in total. The van der Waals surface area contributed by atoms with Crippen molar-refractivity contribution in [3.8, 4) is 5.69 Å². The Morgan fingerprint density at radius 2 is 1.86 bits per heavy atom. The number of halogens is 1. The Labute approximate surface area is 177 Å². The van der Waals surface area contributed by atoms with Gasteiger partial charge in [0.05, 0.1) is 0 Å². The van der Waals surface area contributed by atoms with Crippen molar-refractivity contribution in [3.63, 3.8) is 0 Å². The molecule has 2 aromatic carbocycles. The van der Waals surface area contributed by atoms with Crippen LogP contribution in [0.2, 0.25) is 5.02 Å². The third kappa shape index (κ3) is 4.40. The number of aryl methyl sites for hydroxylation is 1. The maximum Gasteiger partial charge on any atom is 0.251 e. The van der Waals surface area contributed by atoms with E-state index in [9.17, 15) is 4.79 Å². The Balaban J connectivity index is 1.41. The molecule has 0 radical (unpaired) electrons. The van der Waals surface area contributed by atoms with Crippen LogP contribution in [0.1, 0.15) is 46.2 Å². The molecule has 1 atom stereocenters. The normalized spacial score (nSPS) is 15.8. The standard InChI is InChI=1S/C25H27ClN2O/c1-17-3-12-24-21(15-17)16-18(2)28(24)23-10-6-20(7-11-23)25(29)27-14-13-19-4-8-22(26)9-5-19/h4-11,16-17H,3,12-15H2,1-2H3,(H,27,29)/t17-/m0/s1. The first kappa shape index (κ1) is 19.8. The molecule has 3 nitrogen and oxygen atoms in total. The van der Waals surface area contributed by atoms with Crippen LogP contribution >= 0.6 is 11.6 Å². The Morgan fingerprint density at radius 3 is 2.59 bits per heavy atom. The highest BCUT2D eigenvalue weighted by atomic mass is 35.5. The lowest BCUT2D eigenvalue weighted by Gasteiger charge is -2.21. The number of carbonyl (C=O) groups is 1. The van der Waals surface area contributed by atoms with E-state index in [4.69, 9.17) is 11.6 Å². The van der Waals surface area contributed by atoms with Gasteiger partial charge in [-0.1, -0.05) is 30.7 Å². The number of nitrogens with zero attached hydrogens (tertiary/aromatic N) is 1. The summed E-state index contributed by atoms with van der Waals surface area (Å²) in [6.07, 6.45) is 4.31. The van der Waals surface area contributed by atoms with E-state index in [0.717, 1.165) is 41.5 Å². The van der Waals surface area contributed by atoms with Crippen LogP contribution in [0.3, 0.4) is 0 Å². The molecule has 1 heterocycles. The molecule has 0 unspecified atom stereocenters. The smallest absolute Gasteiger partial charge is 0.251 e. The molecular weight excluding hydrogens is 380 g/mol. The molecule has 29 heavy (non-hydrogen) atoms. The molecule has 1 aliphatic rings. The van der Waals surface area contributed by atoms with E-state index in [1.807, 2.05) is 36.4 Å². The molecule has 0 fully saturated rings. The van der Waals surface area contributed by atoms with Crippen molar-refractivity contribution in [1.82, 2.24) is 9.88 Å². The number of carbonyl (C=O) groups excluding carboxylic acids is 1. The lowest BCUT2D eigenvalue weighted by atomic mass is 9.89. The molecule has 0 aliphatic heterocycles. The highest BCUT2D eigenvalue weighted by molar-refractivity contribution is 6.30. The fraction of sp³-hybridized carbons (Fsp3) is 0.320. The summed E-state index contributed by atoms with van der Waals surface area (Å²) < 4.78 is 2.35. The van der Waals surface area contributed by atoms with Crippen molar-refractivity contribution in [1.29, 1.82) is 0 Å². The molecule has 0 saturated heterocycles. The molecule has 0 bridgehead atoms. The van der Waals surface area contributed by atoms with Crippen LogP contribution in [-0.4, -0.2) is 17.0 Å². The largest absolute Gasteiger partial charge is 0.352 e. The van der Waals surface area contributed by atoms with Crippen LogP contribution in [0.4, 0.5) is 0 Å². The second-order valence-electron chi connectivity index (χ2n) is 8.12. The SMILES string of the molecule is Cc1cc2c(n1-c1ccc(C(=O)NCCc3ccc(Cl)cc3)cc1)CC[C@H](C)C2. The molecule has 1 aromatic heterocycles. The van der Waals surface area contributed by atoms with Gasteiger partial charge in [0.1, 0.15) is 0 Å². The Bertz CT molecular complexity index is 1000. The average Bonchev–Trinajstić information content (AvgIpc) is 3.04. The molecular formula is C25H27ClN2O. The summed E-state index contributed by atoms with van der Waals surface area (Å²) in [7, 11) is 0. The number of amides is 1. The minimum atomic E-state index is -0.0365. The highest BCUT2D eigenvalue weighted by Crippen LogP contribution is 2.30. The van der Waals surface area contributed by atoms with Gasteiger partial charge in [-0.3, -0.25) is 4.79 Å². The number of benzene rings is 2. The maximum absolute atomic E-state index is 12.5. The third-order valence-corrected chi connectivity index (χ3v) is 6.07. The van der Waals surface area contributed by atoms with Crippen LogP contribution in [-0.2, 0) is 19.3 Å². The summed E-state index contributed by atoms with van der Waals surface area (Å²) >= 11 is 5.91. The number of aromatic nitrogens is 1. The van der Waals surface area contributed by atoms with Crippen molar-refractivity contribution >= 4 is 17.5 Å². The van der Waals surface area contributed by atoms with Crippen LogP contribution in [0.5, 0.6) is 0 Å².